The van der Waals surface area contributed by atoms with E-state index in [0.717, 1.165) is 22.3 Å². The van der Waals surface area contributed by atoms with Gasteiger partial charge in [-0.05, 0) is 147 Å². The first-order valence-electron chi connectivity index (χ1n) is 22.0. The van der Waals surface area contributed by atoms with Crippen LogP contribution in [0.15, 0.2) is 165 Å². The average molecular weight is 967 g/mol. The molecule has 0 aliphatic heterocycles. The van der Waals surface area contributed by atoms with Crippen LogP contribution in [0.4, 0.5) is 45.5 Å². The maximum atomic E-state index is 12.1. The molecule has 0 aliphatic rings. The Morgan fingerprint density at radius 3 is 1.22 bits per heavy atom. The van der Waals surface area contributed by atoms with Crippen LogP contribution in [0.3, 0.4) is 0 Å². The lowest BCUT2D eigenvalue weighted by molar-refractivity contribution is -0.114. The summed E-state index contributed by atoms with van der Waals surface area (Å²) in [4.78, 5) is 74.0. The Hall–Kier alpha value is -9.97. The van der Waals surface area contributed by atoms with Gasteiger partial charge in [-0.2, -0.15) is 0 Å². The number of carbonyl (C=O) groups is 5. The van der Waals surface area contributed by atoms with Gasteiger partial charge in [0.25, 0.3) is 23.6 Å². The van der Waals surface area contributed by atoms with Crippen LogP contribution in [0.25, 0.3) is 0 Å². The highest BCUT2D eigenvalue weighted by molar-refractivity contribution is 6.07. The number of aryl methyl sites for hydroxylation is 4. The molecule has 3 aromatic heterocycles. The Labute approximate surface area is 416 Å². The molecule has 0 bridgehead atoms. The molecule has 3 heterocycles. The van der Waals surface area contributed by atoms with Crippen molar-refractivity contribution in [3.63, 3.8) is 0 Å². The first-order valence-corrected chi connectivity index (χ1v) is 22.0. The van der Waals surface area contributed by atoms with Gasteiger partial charge in [0.05, 0.1) is 57.1 Å². The summed E-state index contributed by atoms with van der Waals surface area (Å²) in [5.74, 6) is -1.18. The number of aromatic hydroxyl groups is 1. The zero-order chi connectivity index (χ0) is 52.2. The highest BCUT2D eigenvalue weighted by atomic mass is 16.3. The molecule has 0 saturated heterocycles. The zero-order valence-corrected chi connectivity index (χ0v) is 40.1. The summed E-state index contributed by atoms with van der Waals surface area (Å²) in [5, 5.41) is 23.1. The van der Waals surface area contributed by atoms with Gasteiger partial charge in [-0.25, -0.2) is 4.98 Å². The van der Waals surface area contributed by atoms with E-state index in [9.17, 15) is 29.1 Å². The molecule has 72 heavy (non-hydrogen) atoms. The van der Waals surface area contributed by atoms with E-state index in [2.05, 4.69) is 46.5 Å². The summed E-state index contributed by atoms with van der Waals surface area (Å²) in [5.41, 5.74) is 27.7. The number of nitrogens with one attached hydrogen (secondary N) is 5. The van der Waals surface area contributed by atoms with Crippen molar-refractivity contribution in [3.05, 3.63) is 209 Å². The maximum Gasteiger partial charge on any atom is 0.275 e. The second-order valence-electron chi connectivity index (χ2n) is 15.9. The lowest BCUT2D eigenvalue weighted by Crippen LogP contribution is -2.14. The van der Waals surface area contributed by atoms with Crippen LogP contribution in [0.2, 0.25) is 0 Å². The summed E-state index contributed by atoms with van der Waals surface area (Å²) in [6.07, 6.45) is 10.6. The van der Waals surface area contributed by atoms with Crippen molar-refractivity contribution in [2.24, 2.45) is 0 Å². The molecule has 8 aromatic rings. The quantitative estimate of drug-likeness (QED) is 0.0483. The van der Waals surface area contributed by atoms with E-state index < -0.39 is 0 Å². The van der Waals surface area contributed by atoms with Gasteiger partial charge in [-0.3, -0.25) is 38.9 Å². The standard InChI is InChI=1S/C16H17N3O2.C13H13N3O.C13H12N2O2.C12H12N4O/c1-10-3-8-15(14(17)9-10)19-16(21)12-4-6-13(7-5-12)18-11(2)20;1-9-4-5-12(11(14)7-9)16-13(17)10-3-2-6-15-8-10;1-9-4-5-11(12(16)7-9)15-13(17)10-3-2-6-14-8-10;1-8-2-3-10(9(13)6-8)16-12(17)11-7-14-4-5-15-11/h3-9H,17H2,1-2H3,(H,18,20)(H,19,21);2-8H,14H2,1H3,(H,16,17);2-8,16H,1H3,(H,15,17);2-7H,13H2,1H3,(H,16,17). The first-order chi connectivity index (χ1) is 34.4. The highest BCUT2D eigenvalue weighted by Gasteiger charge is 2.12. The van der Waals surface area contributed by atoms with E-state index in [4.69, 9.17) is 17.2 Å². The maximum absolute atomic E-state index is 12.1. The fraction of sp³-hybridized carbons (Fsp3) is 0.0926. The fourth-order valence-electron chi connectivity index (χ4n) is 6.22. The molecule has 366 valence electrons. The number of nitrogen functional groups attached to an aromatic ring is 3. The highest BCUT2D eigenvalue weighted by Crippen LogP contribution is 2.25. The van der Waals surface area contributed by atoms with Crippen molar-refractivity contribution < 1.29 is 29.1 Å². The van der Waals surface area contributed by atoms with E-state index in [0.29, 0.717) is 62.2 Å². The Bertz CT molecular complexity index is 2900. The van der Waals surface area contributed by atoms with Crippen LogP contribution in [-0.4, -0.2) is 54.6 Å². The number of pyridine rings is 2. The van der Waals surface area contributed by atoms with Gasteiger partial charge >= 0.3 is 0 Å². The van der Waals surface area contributed by atoms with E-state index in [1.54, 1.807) is 103 Å². The third-order valence-electron chi connectivity index (χ3n) is 9.88. The first kappa shape index (κ1) is 53.0. The smallest absolute Gasteiger partial charge is 0.275 e. The third kappa shape index (κ3) is 16.7. The minimum absolute atomic E-state index is 0.0576. The second-order valence-corrected chi connectivity index (χ2v) is 15.9. The van der Waals surface area contributed by atoms with E-state index in [1.165, 1.54) is 37.9 Å². The molecule has 0 radical (unpaired) electrons. The summed E-state index contributed by atoms with van der Waals surface area (Å²) in [6.45, 7) is 9.11. The number of phenols is 1. The molecule has 0 spiro atoms. The molecule has 8 rings (SSSR count). The van der Waals surface area contributed by atoms with Gasteiger partial charge in [0.15, 0.2) is 0 Å². The molecule has 0 unspecified atom stereocenters. The van der Waals surface area contributed by atoms with Crippen molar-refractivity contribution in [1.82, 2.24) is 19.9 Å². The van der Waals surface area contributed by atoms with E-state index in [-0.39, 0.29) is 41.0 Å². The number of benzene rings is 5. The van der Waals surface area contributed by atoms with Crippen molar-refractivity contribution in [2.45, 2.75) is 34.6 Å². The number of hydrogen-bond donors (Lipinski definition) is 9. The molecule has 18 heteroatoms. The van der Waals surface area contributed by atoms with Crippen molar-refractivity contribution in [1.29, 1.82) is 0 Å². The number of amides is 5. The Morgan fingerprint density at radius 2 is 0.833 bits per heavy atom. The topological polar surface area (TPSA) is 295 Å². The van der Waals surface area contributed by atoms with Gasteiger partial charge in [-0.15, -0.1) is 0 Å². The van der Waals surface area contributed by atoms with E-state index >= 15 is 0 Å². The van der Waals surface area contributed by atoms with Gasteiger partial charge in [0.2, 0.25) is 5.91 Å². The average Bonchev–Trinajstić information content (AvgIpc) is 3.36. The molecule has 12 N–H and O–H groups in total. The van der Waals surface area contributed by atoms with Crippen molar-refractivity contribution in [2.75, 3.05) is 43.8 Å². The van der Waals surface area contributed by atoms with E-state index in [1.807, 2.05) is 58.0 Å². The van der Waals surface area contributed by atoms with Gasteiger partial charge in [-0.1, -0.05) is 24.3 Å². The Morgan fingerprint density at radius 1 is 0.431 bits per heavy atom. The third-order valence-corrected chi connectivity index (χ3v) is 9.88. The van der Waals surface area contributed by atoms with Crippen LogP contribution >= 0.6 is 0 Å². The second kappa shape index (κ2) is 26.0. The molecule has 18 nitrogen and oxygen atoms in total. The van der Waals surface area contributed by atoms with Gasteiger partial charge in [0, 0.05) is 55.4 Å². The number of aromatic nitrogens is 4. The number of carbonyl (C=O) groups excluding carboxylic acids is 5. The van der Waals surface area contributed by atoms with Crippen LogP contribution in [0.5, 0.6) is 5.75 Å². The molecule has 0 aliphatic carbocycles. The molecular weight excluding hydrogens is 913 g/mol. The molecule has 5 aromatic carbocycles. The Balaban J connectivity index is 0.000000179. The van der Waals surface area contributed by atoms with Crippen molar-refractivity contribution >= 4 is 75.0 Å². The lowest BCUT2D eigenvalue weighted by Gasteiger charge is -2.09. The summed E-state index contributed by atoms with van der Waals surface area (Å²) in [7, 11) is 0. The number of phenolic OH excluding ortho intramolecular Hbond substituents is 1. The fourth-order valence-corrected chi connectivity index (χ4v) is 6.22. The number of rotatable bonds is 9. The number of hydrogen-bond acceptors (Lipinski definition) is 13. The van der Waals surface area contributed by atoms with Crippen LogP contribution in [0, 0.1) is 27.7 Å². The number of anilines is 8. The number of nitrogens with two attached hydrogens (primary N) is 3. The Kier molecular flexibility index (Phi) is 19.1. The minimum Gasteiger partial charge on any atom is -0.506 e. The minimum atomic E-state index is -0.325. The molecular formula is C54H54N12O6. The summed E-state index contributed by atoms with van der Waals surface area (Å²) >= 11 is 0. The van der Waals surface area contributed by atoms with Crippen LogP contribution in [0.1, 0.15) is 70.7 Å². The van der Waals surface area contributed by atoms with Crippen LogP contribution < -0.4 is 43.8 Å². The SMILES string of the molecule is CC(=O)Nc1ccc(C(=O)Nc2ccc(C)cc2N)cc1.Cc1ccc(NC(=O)c2cccnc2)c(N)c1.Cc1ccc(NC(=O)c2cccnc2)c(O)c1.Cc1ccc(NC(=O)c2cnccn2)c(N)c1. The monoisotopic (exact) mass is 966 g/mol. The largest absolute Gasteiger partial charge is 0.506 e. The predicted molar refractivity (Wildman–Crippen MR) is 283 cm³/mol. The normalized spacial score (nSPS) is 9.96. The predicted octanol–water partition coefficient (Wildman–Crippen LogP) is 8.98. The molecule has 0 atom stereocenters. The lowest BCUT2D eigenvalue weighted by atomic mass is 10.1. The van der Waals surface area contributed by atoms with Crippen molar-refractivity contribution in [3.8, 4) is 5.75 Å². The van der Waals surface area contributed by atoms with Gasteiger partial charge in [0.1, 0.15) is 11.4 Å². The summed E-state index contributed by atoms with van der Waals surface area (Å²) < 4.78 is 0. The summed E-state index contributed by atoms with van der Waals surface area (Å²) in [6, 6.07) is 34.9. The zero-order valence-electron chi connectivity index (χ0n) is 40.1. The molecule has 0 saturated carbocycles. The molecule has 5 amide bonds. The molecule has 0 fully saturated rings. The van der Waals surface area contributed by atoms with Gasteiger partial charge < -0.3 is 48.9 Å². The van der Waals surface area contributed by atoms with Crippen LogP contribution in [-0.2, 0) is 4.79 Å². The number of nitrogens with zero attached hydrogens (tertiary/aromatic N) is 4.